The number of hydrogen-bond acceptors (Lipinski definition) is 3. The number of fused-ring (bicyclic) bond motifs is 1. The van der Waals surface area contributed by atoms with Crippen molar-refractivity contribution in [2.45, 2.75) is 26.2 Å². The summed E-state index contributed by atoms with van der Waals surface area (Å²) >= 11 is 0. The van der Waals surface area contributed by atoms with Gasteiger partial charge in [-0.1, -0.05) is 38.0 Å². The summed E-state index contributed by atoms with van der Waals surface area (Å²) in [6.45, 7) is 3.56. The van der Waals surface area contributed by atoms with Crippen LogP contribution in [0.1, 0.15) is 36.7 Å². The van der Waals surface area contributed by atoms with Gasteiger partial charge in [0.1, 0.15) is 5.58 Å². The monoisotopic (exact) mass is 259 g/mol. The molecule has 1 aromatic carbocycles. The Labute approximate surface area is 114 Å². The van der Waals surface area contributed by atoms with Gasteiger partial charge in [-0.15, -0.1) is 0 Å². The van der Waals surface area contributed by atoms with Gasteiger partial charge in [-0.25, -0.2) is 0 Å². The summed E-state index contributed by atoms with van der Waals surface area (Å²) in [6, 6.07) is 9.54. The molecule has 0 aliphatic rings. The highest BCUT2D eigenvalue weighted by Crippen LogP contribution is 2.19. The predicted octanol–water partition coefficient (Wildman–Crippen LogP) is 3.74. The minimum atomic E-state index is 0.0511. The Bertz CT molecular complexity index is 511. The second kappa shape index (κ2) is 6.53. The molecule has 0 unspecified atom stereocenters. The van der Waals surface area contributed by atoms with Gasteiger partial charge in [-0.05, 0) is 32.1 Å². The number of likely N-dealkylation sites (N-methyl/N-ethyl adjacent to an activating group) is 1. The third kappa shape index (κ3) is 3.67. The van der Waals surface area contributed by atoms with Gasteiger partial charge in [0.15, 0.2) is 5.76 Å². The molecule has 0 N–H and O–H groups in total. The molecule has 2 rings (SSSR count). The molecule has 0 aliphatic heterocycles. The van der Waals surface area contributed by atoms with Gasteiger partial charge in [-0.3, -0.25) is 9.69 Å². The van der Waals surface area contributed by atoms with Crippen molar-refractivity contribution < 1.29 is 9.21 Å². The Morgan fingerprint density at radius 1 is 1.26 bits per heavy atom. The Hall–Kier alpha value is -1.61. The van der Waals surface area contributed by atoms with E-state index in [1.807, 2.05) is 37.4 Å². The van der Waals surface area contributed by atoms with E-state index in [2.05, 4.69) is 11.8 Å². The summed E-state index contributed by atoms with van der Waals surface area (Å²) in [4.78, 5) is 14.2. The van der Waals surface area contributed by atoms with E-state index in [-0.39, 0.29) is 5.78 Å². The third-order valence-electron chi connectivity index (χ3n) is 3.26. The maximum Gasteiger partial charge on any atom is 0.211 e. The van der Waals surface area contributed by atoms with Crippen LogP contribution in [0.2, 0.25) is 0 Å². The van der Waals surface area contributed by atoms with Crippen LogP contribution in [0.5, 0.6) is 0 Å². The van der Waals surface area contributed by atoms with Gasteiger partial charge in [0.25, 0.3) is 0 Å². The van der Waals surface area contributed by atoms with Crippen molar-refractivity contribution in [2.24, 2.45) is 0 Å². The van der Waals surface area contributed by atoms with Crippen LogP contribution >= 0.6 is 0 Å². The molecule has 3 heteroatoms. The Balaban J connectivity index is 1.95. The summed E-state index contributed by atoms with van der Waals surface area (Å²) in [6.07, 6.45) is 3.55. The van der Waals surface area contributed by atoms with E-state index in [1.54, 1.807) is 0 Å². The highest BCUT2D eigenvalue weighted by Gasteiger charge is 2.13. The van der Waals surface area contributed by atoms with Crippen LogP contribution < -0.4 is 0 Å². The smallest absolute Gasteiger partial charge is 0.211 e. The fourth-order valence-corrected chi connectivity index (χ4v) is 2.15. The average molecular weight is 259 g/mol. The van der Waals surface area contributed by atoms with Crippen molar-refractivity contribution in [1.29, 1.82) is 0 Å². The van der Waals surface area contributed by atoms with E-state index in [4.69, 9.17) is 4.42 Å². The third-order valence-corrected chi connectivity index (χ3v) is 3.26. The maximum absolute atomic E-state index is 12.1. The van der Waals surface area contributed by atoms with E-state index < -0.39 is 0 Å². The minimum Gasteiger partial charge on any atom is -0.453 e. The van der Waals surface area contributed by atoms with E-state index in [1.165, 1.54) is 12.8 Å². The van der Waals surface area contributed by atoms with E-state index in [9.17, 15) is 4.79 Å². The molecule has 0 spiro atoms. The Morgan fingerprint density at radius 2 is 2.05 bits per heavy atom. The van der Waals surface area contributed by atoms with Crippen molar-refractivity contribution in [3.63, 3.8) is 0 Å². The molecule has 0 amide bonds. The van der Waals surface area contributed by atoms with Crippen molar-refractivity contribution in [3.8, 4) is 0 Å². The fourth-order valence-electron chi connectivity index (χ4n) is 2.15. The lowest BCUT2D eigenvalue weighted by Crippen LogP contribution is -2.26. The minimum absolute atomic E-state index is 0.0511. The summed E-state index contributed by atoms with van der Waals surface area (Å²) in [7, 11) is 1.98. The first-order valence-electron chi connectivity index (χ1n) is 6.91. The SMILES string of the molecule is CCCCCN(C)CC(=O)c1cc2ccccc2o1. The number of nitrogens with zero attached hydrogens (tertiary/aromatic N) is 1. The van der Waals surface area contributed by atoms with Gasteiger partial charge >= 0.3 is 0 Å². The number of benzene rings is 1. The number of Topliss-reactive ketones (excluding diaryl/α,β-unsaturated/α-hetero) is 1. The highest BCUT2D eigenvalue weighted by atomic mass is 16.3. The molecule has 102 valence electrons. The zero-order chi connectivity index (χ0) is 13.7. The number of rotatable bonds is 7. The standard InChI is InChI=1S/C16H21NO2/c1-3-4-7-10-17(2)12-14(18)16-11-13-8-5-6-9-15(13)19-16/h5-6,8-9,11H,3-4,7,10,12H2,1-2H3. The topological polar surface area (TPSA) is 33.5 Å². The molecule has 1 aromatic heterocycles. The van der Waals surface area contributed by atoms with Crippen molar-refractivity contribution in [3.05, 3.63) is 36.1 Å². The van der Waals surface area contributed by atoms with Gasteiger partial charge in [0.05, 0.1) is 6.54 Å². The van der Waals surface area contributed by atoms with E-state index in [0.717, 1.165) is 23.9 Å². The summed E-state index contributed by atoms with van der Waals surface area (Å²) in [5.41, 5.74) is 0.777. The first kappa shape index (κ1) is 13.8. The predicted molar refractivity (Wildman–Crippen MR) is 77.6 cm³/mol. The number of ketones is 1. The maximum atomic E-state index is 12.1. The van der Waals surface area contributed by atoms with Crippen LogP contribution in [0.25, 0.3) is 11.0 Å². The first-order valence-corrected chi connectivity index (χ1v) is 6.91. The molecular formula is C16H21NO2. The molecule has 19 heavy (non-hydrogen) atoms. The normalized spacial score (nSPS) is 11.3. The number of furan rings is 1. The molecule has 3 nitrogen and oxygen atoms in total. The number of unbranched alkanes of at least 4 members (excludes halogenated alkanes) is 2. The van der Waals surface area contributed by atoms with Crippen LogP contribution in [0.4, 0.5) is 0 Å². The molecule has 0 fully saturated rings. The number of para-hydroxylation sites is 1. The zero-order valence-corrected chi connectivity index (χ0v) is 11.7. The van der Waals surface area contributed by atoms with Crippen molar-refractivity contribution >= 4 is 16.8 Å². The second-order valence-corrected chi connectivity index (χ2v) is 5.02. The molecule has 0 aliphatic carbocycles. The van der Waals surface area contributed by atoms with Crippen LogP contribution in [0, 0.1) is 0 Å². The highest BCUT2D eigenvalue weighted by molar-refractivity contribution is 5.98. The van der Waals surface area contributed by atoms with Gasteiger partial charge in [0, 0.05) is 5.39 Å². The van der Waals surface area contributed by atoms with E-state index in [0.29, 0.717) is 12.3 Å². The zero-order valence-electron chi connectivity index (χ0n) is 11.7. The lowest BCUT2D eigenvalue weighted by Gasteiger charge is -2.14. The van der Waals surface area contributed by atoms with Crippen LogP contribution in [0.3, 0.4) is 0 Å². The van der Waals surface area contributed by atoms with E-state index >= 15 is 0 Å². The Morgan fingerprint density at radius 3 is 2.79 bits per heavy atom. The average Bonchev–Trinajstić information content (AvgIpc) is 2.83. The van der Waals surface area contributed by atoms with Gasteiger partial charge in [-0.2, -0.15) is 0 Å². The lowest BCUT2D eigenvalue weighted by atomic mass is 10.2. The summed E-state index contributed by atoms with van der Waals surface area (Å²) in [5.74, 6) is 0.513. The largest absolute Gasteiger partial charge is 0.453 e. The lowest BCUT2D eigenvalue weighted by molar-refractivity contribution is 0.0920. The quantitative estimate of drug-likeness (QED) is 0.561. The van der Waals surface area contributed by atoms with Crippen molar-refractivity contribution in [1.82, 2.24) is 4.90 Å². The van der Waals surface area contributed by atoms with Crippen molar-refractivity contribution in [2.75, 3.05) is 20.1 Å². The Kier molecular flexibility index (Phi) is 4.74. The van der Waals surface area contributed by atoms with Crippen LogP contribution in [0.15, 0.2) is 34.7 Å². The van der Waals surface area contributed by atoms with Crippen LogP contribution in [-0.2, 0) is 0 Å². The van der Waals surface area contributed by atoms with Gasteiger partial charge in [0.2, 0.25) is 5.78 Å². The number of carbonyl (C=O) groups is 1. The first-order chi connectivity index (χ1) is 9.20. The molecule has 1 heterocycles. The molecule has 0 bridgehead atoms. The molecular weight excluding hydrogens is 238 g/mol. The van der Waals surface area contributed by atoms with Gasteiger partial charge < -0.3 is 4.42 Å². The molecule has 0 saturated carbocycles. The number of carbonyl (C=O) groups excluding carboxylic acids is 1. The summed E-state index contributed by atoms with van der Waals surface area (Å²) in [5, 5.41) is 0.986. The summed E-state index contributed by atoms with van der Waals surface area (Å²) < 4.78 is 5.58. The molecule has 0 saturated heterocycles. The molecule has 2 aromatic rings. The molecule has 0 atom stereocenters. The molecule has 0 radical (unpaired) electrons. The fraction of sp³-hybridized carbons (Fsp3) is 0.438. The number of hydrogen-bond donors (Lipinski definition) is 0. The second-order valence-electron chi connectivity index (χ2n) is 5.02. The van der Waals surface area contributed by atoms with Crippen LogP contribution in [-0.4, -0.2) is 30.8 Å².